The molecule has 7 heteroatoms. The SMILES string of the molecule is C=CCN(CC=C)C(=S)NC(=O)/C=C/c1cccc([N+](=O)[O-])c1. The van der Waals surface area contributed by atoms with E-state index < -0.39 is 10.8 Å². The number of thiocarbonyl (C=S) groups is 1. The molecule has 0 aromatic heterocycles. The summed E-state index contributed by atoms with van der Waals surface area (Å²) in [4.78, 5) is 23.8. The molecule has 0 radical (unpaired) electrons. The van der Waals surface area contributed by atoms with Crippen LogP contribution >= 0.6 is 12.2 Å². The molecule has 0 aliphatic rings. The topological polar surface area (TPSA) is 75.5 Å². The Morgan fingerprint density at radius 3 is 2.57 bits per heavy atom. The van der Waals surface area contributed by atoms with Gasteiger partial charge in [0.2, 0.25) is 5.91 Å². The highest BCUT2D eigenvalue weighted by Crippen LogP contribution is 2.13. The van der Waals surface area contributed by atoms with Gasteiger partial charge in [-0.05, 0) is 23.9 Å². The Morgan fingerprint density at radius 1 is 1.35 bits per heavy atom. The predicted octanol–water partition coefficient (Wildman–Crippen LogP) is 2.68. The van der Waals surface area contributed by atoms with Crippen molar-refractivity contribution in [3.8, 4) is 0 Å². The lowest BCUT2D eigenvalue weighted by atomic mass is 10.2. The number of non-ortho nitro benzene ring substituents is 1. The summed E-state index contributed by atoms with van der Waals surface area (Å²) in [6.45, 7) is 8.22. The first-order valence-electron chi connectivity index (χ1n) is 6.72. The summed E-state index contributed by atoms with van der Waals surface area (Å²) in [7, 11) is 0. The van der Waals surface area contributed by atoms with Gasteiger partial charge in [0, 0.05) is 31.3 Å². The van der Waals surface area contributed by atoms with Gasteiger partial charge >= 0.3 is 0 Å². The number of nitrogens with zero attached hydrogens (tertiary/aromatic N) is 2. The molecule has 0 aliphatic carbocycles. The van der Waals surface area contributed by atoms with E-state index in [1.54, 1.807) is 29.2 Å². The van der Waals surface area contributed by atoms with Crippen molar-refractivity contribution in [3.63, 3.8) is 0 Å². The van der Waals surface area contributed by atoms with E-state index >= 15 is 0 Å². The van der Waals surface area contributed by atoms with Crippen molar-refractivity contribution in [2.45, 2.75) is 0 Å². The number of carbonyl (C=O) groups excluding carboxylic acids is 1. The van der Waals surface area contributed by atoms with Gasteiger partial charge in [-0.1, -0.05) is 24.3 Å². The number of rotatable bonds is 7. The maximum atomic E-state index is 11.9. The number of nitro groups is 1. The van der Waals surface area contributed by atoms with Gasteiger partial charge in [-0.15, -0.1) is 13.2 Å². The summed E-state index contributed by atoms with van der Waals surface area (Å²) >= 11 is 5.14. The third kappa shape index (κ3) is 6.23. The van der Waals surface area contributed by atoms with Gasteiger partial charge in [-0.25, -0.2) is 0 Å². The minimum Gasteiger partial charge on any atom is -0.342 e. The zero-order chi connectivity index (χ0) is 17.2. The molecule has 0 saturated carbocycles. The molecule has 0 unspecified atom stereocenters. The number of nitrogens with one attached hydrogen (secondary N) is 1. The monoisotopic (exact) mass is 331 g/mol. The van der Waals surface area contributed by atoms with Crippen molar-refractivity contribution in [1.29, 1.82) is 0 Å². The number of hydrogen-bond acceptors (Lipinski definition) is 4. The predicted molar refractivity (Wildman–Crippen MR) is 94.8 cm³/mol. The molecule has 0 aliphatic heterocycles. The molecule has 1 N–H and O–H groups in total. The van der Waals surface area contributed by atoms with Crippen LogP contribution in [0.5, 0.6) is 0 Å². The van der Waals surface area contributed by atoms with Gasteiger partial charge < -0.3 is 4.90 Å². The van der Waals surface area contributed by atoms with Crippen LogP contribution < -0.4 is 5.32 Å². The second-order valence-corrected chi connectivity index (χ2v) is 4.85. The molecule has 1 aromatic carbocycles. The second kappa shape index (κ2) is 9.26. The fraction of sp³-hybridized carbons (Fsp3) is 0.125. The summed E-state index contributed by atoms with van der Waals surface area (Å²) in [5.41, 5.74) is 0.514. The molecule has 1 aromatic rings. The van der Waals surface area contributed by atoms with E-state index in [0.29, 0.717) is 18.7 Å². The Bertz CT molecular complexity index is 646. The lowest BCUT2D eigenvalue weighted by molar-refractivity contribution is -0.384. The Balaban J connectivity index is 2.69. The van der Waals surface area contributed by atoms with Crippen LogP contribution in [0.25, 0.3) is 6.08 Å². The average molecular weight is 331 g/mol. The molecular formula is C16H17N3O3S. The number of carbonyl (C=O) groups is 1. The van der Waals surface area contributed by atoms with Crippen LogP contribution in [-0.2, 0) is 4.79 Å². The highest BCUT2D eigenvalue weighted by Gasteiger charge is 2.08. The highest BCUT2D eigenvalue weighted by atomic mass is 32.1. The molecule has 1 rings (SSSR count). The van der Waals surface area contributed by atoms with E-state index in [1.165, 1.54) is 24.3 Å². The minimum absolute atomic E-state index is 0.0359. The lowest BCUT2D eigenvalue weighted by Gasteiger charge is -2.21. The van der Waals surface area contributed by atoms with Gasteiger partial charge in [0.05, 0.1) is 4.92 Å². The van der Waals surface area contributed by atoms with Crippen molar-refractivity contribution < 1.29 is 9.72 Å². The standard InChI is InChI=1S/C16H17N3O3S/c1-3-10-18(11-4-2)16(23)17-15(20)9-8-13-6-5-7-14(12-13)19(21)22/h3-9,12H,1-2,10-11H2,(H,17,20,23)/b9-8+. The molecule has 0 bridgehead atoms. The van der Waals surface area contributed by atoms with Gasteiger partial charge in [-0.3, -0.25) is 20.2 Å². The third-order valence-electron chi connectivity index (χ3n) is 2.72. The first-order chi connectivity index (χ1) is 11.0. The molecule has 0 saturated heterocycles. The van der Waals surface area contributed by atoms with Gasteiger partial charge in [0.1, 0.15) is 0 Å². The molecular weight excluding hydrogens is 314 g/mol. The summed E-state index contributed by atoms with van der Waals surface area (Å²) in [5.74, 6) is -0.417. The minimum atomic E-state index is -0.491. The largest absolute Gasteiger partial charge is 0.342 e. The maximum absolute atomic E-state index is 11.9. The number of nitro benzene ring substituents is 1. The number of amides is 1. The van der Waals surface area contributed by atoms with E-state index in [2.05, 4.69) is 18.5 Å². The normalized spacial score (nSPS) is 10.1. The van der Waals surface area contributed by atoms with Crippen LogP contribution in [0.15, 0.2) is 55.7 Å². The van der Waals surface area contributed by atoms with E-state index in [-0.39, 0.29) is 10.8 Å². The Morgan fingerprint density at radius 2 is 2.00 bits per heavy atom. The Labute approximate surface area is 139 Å². The van der Waals surface area contributed by atoms with Crippen LogP contribution in [0, 0.1) is 10.1 Å². The summed E-state index contributed by atoms with van der Waals surface area (Å²) in [6.07, 6.45) is 6.09. The third-order valence-corrected chi connectivity index (χ3v) is 3.08. The van der Waals surface area contributed by atoms with Crippen LogP contribution in [-0.4, -0.2) is 33.9 Å². The molecule has 120 valence electrons. The average Bonchev–Trinajstić information content (AvgIpc) is 2.53. The van der Waals surface area contributed by atoms with E-state index in [0.717, 1.165) is 0 Å². The highest BCUT2D eigenvalue weighted by molar-refractivity contribution is 7.80. The van der Waals surface area contributed by atoms with Crippen molar-refractivity contribution in [1.82, 2.24) is 10.2 Å². The molecule has 23 heavy (non-hydrogen) atoms. The van der Waals surface area contributed by atoms with Crippen LogP contribution in [0.1, 0.15) is 5.56 Å². The molecule has 1 amide bonds. The zero-order valence-electron chi connectivity index (χ0n) is 12.5. The second-order valence-electron chi connectivity index (χ2n) is 4.46. The lowest BCUT2D eigenvalue weighted by Crippen LogP contribution is -2.42. The first-order valence-corrected chi connectivity index (χ1v) is 7.13. The molecule has 0 fully saturated rings. The fourth-order valence-corrected chi connectivity index (χ4v) is 1.94. The first kappa shape index (κ1) is 18.2. The summed E-state index contributed by atoms with van der Waals surface area (Å²) in [6, 6.07) is 5.98. The zero-order valence-corrected chi connectivity index (χ0v) is 13.3. The maximum Gasteiger partial charge on any atom is 0.270 e. The van der Waals surface area contributed by atoms with Crippen molar-refractivity contribution in [3.05, 3.63) is 71.3 Å². The van der Waals surface area contributed by atoms with Gasteiger partial charge in [0.15, 0.2) is 5.11 Å². The fourth-order valence-electron chi connectivity index (χ4n) is 1.69. The van der Waals surface area contributed by atoms with Gasteiger partial charge in [-0.2, -0.15) is 0 Å². The summed E-state index contributed by atoms with van der Waals surface area (Å²) in [5, 5.41) is 13.5. The number of benzene rings is 1. The van der Waals surface area contributed by atoms with Crippen molar-refractivity contribution >= 4 is 35.0 Å². The molecule has 0 spiro atoms. The van der Waals surface area contributed by atoms with Crippen molar-refractivity contribution in [2.24, 2.45) is 0 Å². The smallest absolute Gasteiger partial charge is 0.270 e. The molecule has 0 atom stereocenters. The van der Waals surface area contributed by atoms with E-state index in [9.17, 15) is 14.9 Å². The van der Waals surface area contributed by atoms with Crippen LogP contribution in [0.2, 0.25) is 0 Å². The molecule has 6 nitrogen and oxygen atoms in total. The van der Waals surface area contributed by atoms with Crippen molar-refractivity contribution in [2.75, 3.05) is 13.1 Å². The summed E-state index contributed by atoms with van der Waals surface area (Å²) < 4.78 is 0. The van der Waals surface area contributed by atoms with E-state index in [1.807, 2.05) is 0 Å². The van der Waals surface area contributed by atoms with Gasteiger partial charge in [0.25, 0.3) is 5.69 Å². The Kier molecular flexibility index (Phi) is 7.35. The van der Waals surface area contributed by atoms with E-state index in [4.69, 9.17) is 12.2 Å². The molecule has 0 heterocycles. The quantitative estimate of drug-likeness (QED) is 0.273. The van der Waals surface area contributed by atoms with Crippen LogP contribution in [0.4, 0.5) is 5.69 Å². The van der Waals surface area contributed by atoms with Crippen LogP contribution in [0.3, 0.4) is 0 Å². The Hall–Kier alpha value is -2.80. The number of hydrogen-bond donors (Lipinski definition) is 1.